The molecule has 1 rings (SSSR count). The molecule has 0 aromatic carbocycles. The van der Waals surface area contributed by atoms with Gasteiger partial charge >= 0.3 is 0 Å². The first-order valence-electron chi connectivity index (χ1n) is 6.63. The lowest BCUT2D eigenvalue weighted by atomic mass is 10.2. The van der Waals surface area contributed by atoms with Crippen LogP contribution >= 0.6 is 0 Å². The van der Waals surface area contributed by atoms with Crippen LogP contribution in [-0.2, 0) is 18.3 Å². The Morgan fingerprint density at radius 1 is 1.44 bits per heavy atom. The van der Waals surface area contributed by atoms with E-state index in [0.717, 1.165) is 25.8 Å². The molecule has 18 heavy (non-hydrogen) atoms. The van der Waals surface area contributed by atoms with Crippen LogP contribution in [0.2, 0.25) is 0 Å². The Balaban J connectivity index is 2.12. The van der Waals surface area contributed by atoms with Crippen molar-refractivity contribution in [1.29, 1.82) is 0 Å². The summed E-state index contributed by atoms with van der Waals surface area (Å²) in [6.45, 7) is 5.35. The average molecular weight is 252 g/mol. The minimum absolute atomic E-state index is 0.0786. The Kier molecular flexibility index (Phi) is 6.43. The average Bonchev–Trinajstić information content (AvgIpc) is 2.77. The number of aromatic nitrogens is 2. The number of nitrogens with zero attached hydrogens (tertiary/aromatic N) is 2. The summed E-state index contributed by atoms with van der Waals surface area (Å²) in [6.07, 6.45) is 6.71. The highest BCUT2D eigenvalue weighted by molar-refractivity contribution is 5.78. The first-order valence-corrected chi connectivity index (χ1v) is 6.63. The van der Waals surface area contributed by atoms with E-state index < -0.39 is 0 Å². The molecule has 0 unspecified atom stereocenters. The normalized spacial score (nSPS) is 10.9. The quantitative estimate of drug-likeness (QED) is 0.675. The summed E-state index contributed by atoms with van der Waals surface area (Å²) in [7, 11) is 1.90. The summed E-state index contributed by atoms with van der Waals surface area (Å²) in [6, 6.07) is 0.303. The van der Waals surface area contributed by atoms with Gasteiger partial charge in [0.05, 0.1) is 12.7 Å². The minimum atomic E-state index is 0.0786. The first-order chi connectivity index (χ1) is 8.65. The van der Waals surface area contributed by atoms with Gasteiger partial charge in [-0.1, -0.05) is 13.8 Å². The molecule has 102 valence electrons. The molecule has 0 saturated carbocycles. The molecular formula is C13H24N4O. The van der Waals surface area contributed by atoms with Crippen LogP contribution in [0.3, 0.4) is 0 Å². The summed E-state index contributed by atoms with van der Waals surface area (Å²) in [5.74, 6) is 0.0786. The Labute approximate surface area is 109 Å². The van der Waals surface area contributed by atoms with E-state index in [0.29, 0.717) is 12.6 Å². The highest BCUT2D eigenvalue weighted by Gasteiger charge is 2.07. The van der Waals surface area contributed by atoms with Crippen molar-refractivity contribution in [2.24, 2.45) is 7.05 Å². The standard InChI is InChI=1S/C13H24N4O/c1-4-12(5-2)16-13(18)9-14-7-6-11-8-15-17(3)10-11/h8,10,12,14H,4-7,9H2,1-3H3,(H,16,18). The number of nitrogens with one attached hydrogen (secondary N) is 2. The maximum Gasteiger partial charge on any atom is 0.234 e. The minimum Gasteiger partial charge on any atom is -0.352 e. The van der Waals surface area contributed by atoms with Gasteiger partial charge in [0, 0.05) is 19.3 Å². The fraction of sp³-hybridized carbons (Fsp3) is 0.692. The second-order valence-corrected chi connectivity index (χ2v) is 4.53. The van der Waals surface area contributed by atoms with E-state index in [1.165, 1.54) is 5.56 Å². The summed E-state index contributed by atoms with van der Waals surface area (Å²) in [5, 5.41) is 10.3. The smallest absolute Gasteiger partial charge is 0.234 e. The van der Waals surface area contributed by atoms with Crippen molar-refractivity contribution in [3.8, 4) is 0 Å². The molecule has 0 atom stereocenters. The van der Waals surface area contributed by atoms with Gasteiger partial charge in [0.1, 0.15) is 0 Å². The summed E-state index contributed by atoms with van der Waals surface area (Å²) in [5.41, 5.74) is 1.19. The molecule has 1 amide bonds. The monoisotopic (exact) mass is 252 g/mol. The van der Waals surface area contributed by atoms with E-state index >= 15 is 0 Å². The fourth-order valence-electron chi connectivity index (χ4n) is 1.81. The van der Waals surface area contributed by atoms with Crippen molar-refractivity contribution in [3.05, 3.63) is 18.0 Å². The predicted molar refractivity (Wildman–Crippen MR) is 72.3 cm³/mol. The SMILES string of the molecule is CCC(CC)NC(=O)CNCCc1cnn(C)c1. The van der Waals surface area contributed by atoms with Crippen LogP contribution in [0.5, 0.6) is 0 Å². The molecule has 1 aromatic rings. The first kappa shape index (κ1) is 14.7. The van der Waals surface area contributed by atoms with Crippen molar-refractivity contribution in [2.45, 2.75) is 39.2 Å². The molecule has 0 saturated heterocycles. The lowest BCUT2D eigenvalue weighted by Crippen LogP contribution is -2.40. The van der Waals surface area contributed by atoms with Crippen LogP contribution in [0.25, 0.3) is 0 Å². The van der Waals surface area contributed by atoms with Crippen LogP contribution in [0.15, 0.2) is 12.4 Å². The van der Waals surface area contributed by atoms with Crippen LogP contribution in [-0.4, -0.2) is 34.8 Å². The maximum atomic E-state index is 11.6. The lowest BCUT2D eigenvalue weighted by Gasteiger charge is -2.14. The molecule has 0 aliphatic heterocycles. The van der Waals surface area contributed by atoms with Crippen molar-refractivity contribution < 1.29 is 4.79 Å². The summed E-state index contributed by atoms with van der Waals surface area (Å²) < 4.78 is 1.79. The molecule has 0 fully saturated rings. The van der Waals surface area contributed by atoms with E-state index in [2.05, 4.69) is 29.6 Å². The maximum absolute atomic E-state index is 11.6. The van der Waals surface area contributed by atoms with Gasteiger partial charge in [0.2, 0.25) is 5.91 Å². The molecule has 1 heterocycles. The van der Waals surface area contributed by atoms with E-state index in [-0.39, 0.29) is 5.91 Å². The molecule has 0 radical (unpaired) electrons. The highest BCUT2D eigenvalue weighted by atomic mass is 16.1. The molecule has 5 heteroatoms. The molecule has 1 aromatic heterocycles. The number of hydrogen-bond acceptors (Lipinski definition) is 3. The van der Waals surface area contributed by atoms with Crippen LogP contribution in [0, 0.1) is 0 Å². The van der Waals surface area contributed by atoms with E-state index in [4.69, 9.17) is 0 Å². The van der Waals surface area contributed by atoms with Crippen LogP contribution in [0.4, 0.5) is 0 Å². The Bertz CT molecular complexity index is 358. The number of hydrogen-bond donors (Lipinski definition) is 2. The van der Waals surface area contributed by atoms with Gasteiger partial charge in [-0.05, 0) is 31.4 Å². The molecular weight excluding hydrogens is 228 g/mol. The summed E-state index contributed by atoms with van der Waals surface area (Å²) in [4.78, 5) is 11.6. The van der Waals surface area contributed by atoms with Gasteiger partial charge < -0.3 is 10.6 Å². The van der Waals surface area contributed by atoms with E-state index in [1.54, 1.807) is 4.68 Å². The molecule has 5 nitrogen and oxygen atoms in total. The number of carbonyl (C=O) groups excluding carboxylic acids is 1. The zero-order valence-corrected chi connectivity index (χ0v) is 11.6. The van der Waals surface area contributed by atoms with Crippen molar-refractivity contribution in [3.63, 3.8) is 0 Å². The third-order valence-corrected chi connectivity index (χ3v) is 2.99. The van der Waals surface area contributed by atoms with Gasteiger partial charge in [0.15, 0.2) is 0 Å². The number of rotatable bonds is 8. The molecule has 0 aliphatic rings. The second-order valence-electron chi connectivity index (χ2n) is 4.53. The van der Waals surface area contributed by atoms with Crippen molar-refractivity contribution in [1.82, 2.24) is 20.4 Å². The molecule has 0 bridgehead atoms. The number of carbonyl (C=O) groups is 1. The zero-order chi connectivity index (χ0) is 13.4. The van der Waals surface area contributed by atoms with Gasteiger partial charge in [-0.25, -0.2) is 0 Å². The fourth-order valence-corrected chi connectivity index (χ4v) is 1.81. The Morgan fingerprint density at radius 2 is 2.17 bits per heavy atom. The largest absolute Gasteiger partial charge is 0.352 e. The second kappa shape index (κ2) is 7.87. The Morgan fingerprint density at radius 3 is 2.72 bits per heavy atom. The van der Waals surface area contributed by atoms with Crippen molar-refractivity contribution >= 4 is 5.91 Å². The molecule has 0 spiro atoms. The number of aryl methyl sites for hydroxylation is 1. The van der Waals surface area contributed by atoms with E-state index in [9.17, 15) is 4.79 Å². The highest BCUT2D eigenvalue weighted by Crippen LogP contribution is 1.96. The lowest BCUT2D eigenvalue weighted by molar-refractivity contribution is -0.121. The van der Waals surface area contributed by atoms with Crippen LogP contribution < -0.4 is 10.6 Å². The van der Waals surface area contributed by atoms with Gasteiger partial charge in [-0.15, -0.1) is 0 Å². The van der Waals surface area contributed by atoms with Crippen LogP contribution in [0.1, 0.15) is 32.3 Å². The third-order valence-electron chi connectivity index (χ3n) is 2.99. The topological polar surface area (TPSA) is 59.0 Å². The zero-order valence-electron chi connectivity index (χ0n) is 11.6. The van der Waals surface area contributed by atoms with Gasteiger partial charge in [0.25, 0.3) is 0 Å². The Hall–Kier alpha value is -1.36. The summed E-state index contributed by atoms with van der Waals surface area (Å²) >= 11 is 0. The number of amides is 1. The molecule has 2 N–H and O–H groups in total. The van der Waals surface area contributed by atoms with Gasteiger partial charge in [-0.3, -0.25) is 9.48 Å². The van der Waals surface area contributed by atoms with Gasteiger partial charge in [-0.2, -0.15) is 5.10 Å². The third kappa shape index (κ3) is 5.31. The van der Waals surface area contributed by atoms with E-state index in [1.807, 2.05) is 19.4 Å². The molecule has 0 aliphatic carbocycles. The van der Waals surface area contributed by atoms with Crippen molar-refractivity contribution in [2.75, 3.05) is 13.1 Å². The predicted octanol–water partition coefficient (Wildman–Crippen LogP) is 0.857.